The summed E-state index contributed by atoms with van der Waals surface area (Å²) in [6.07, 6.45) is 5.29. The molecule has 1 fully saturated rings. The van der Waals surface area contributed by atoms with Crippen molar-refractivity contribution in [3.8, 4) is 0 Å². The van der Waals surface area contributed by atoms with Gasteiger partial charge >= 0.3 is 0 Å². The first kappa shape index (κ1) is 17.6. The van der Waals surface area contributed by atoms with Crippen LogP contribution in [0.5, 0.6) is 0 Å². The van der Waals surface area contributed by atoms with Crippen molar-refractivity contribution in [3.05, 3.63) is 59.9 Å². The van der Waals surface area contributed by atoms with E-state index in [0.29, 0.717) is 6.54 Å². The maximum Gasteiger partial charge on any atom is 0.224 e. The monoisotopic (exact) mass is 358 g/mol. The fraction of sp³-hybridized carbons (Fsp3) is 0.368. The highest BCUT2D eigenvalue weighted by Gasteiger charge is 2.30. The van der Waals surface area contributed by atoms with Gasteiger partial charge in [-0.05, 0) is 49.6 Å². The number of amides is 1. The molecule has 0 unspecified atom stereocenters. The van der Waals surface area contributed by atoms with Gasteiger partial charge in [0.2, 0.25) is 5.91 Å². The van der Waals surface area contributed by atoms with Gasteiger partial charge in [-0.25, -0.2) is 8.42 Å². The molecule has 0 radical (unpaired) electrons. The minimum absolute atomic E-state index is 0.0117. The largest absolute Gasteiger partial charge is 0.336 e. The first-order chi connectivity index (χ1) is 12.0. The van der Waals surface area contributed by atoms with Crippen LogP contribution in [-0.4, -0.2) is 36.5 Å². The van der Waals surface area contributed by atoms with Gasteiger partial charge in [0.25, 0.3) is 0 Å². The molecule has 1 aromatic carbocycles. The van der Waals surface area contributed by atoms with Gasteiger partial charge in [0.15, 0.2) is 9.84 Å². The predicted molar refractivity (Wildman–Crippen MR) is 95.8 cm³/mol. The number of aryl methyl sites for hydroxylation is 1. The van der Waals surface area contributed by atoms with Crippen molar-refractivity contribution in [2.45, 2.75) is 37.1 Å². The average molecular weight is 358 g/mol. The van der Waals surface area contributed by atoms with Crippen molar-refractivity contribution in [2.75, 3.05) is 12.3 Å². The van der Waals surface area contributed by atoms with E-state index >= 15 is 0 Å². The van der Waals surface area contributed by atoms with E-state index in [1.165, 1.54) is 0 Å². The third-order valence-corrected chi connectivity index (χ3v) is 6.36. The highest BCUT2D eigenvalue weighted by molar-refractivity contribution is 7.91. The van der Waals surface area contributed by atoms with E-state index in [9.17, 15) is 13.2 Å². The van der Waals surface area contributed by atoms with Crippen molar-refractivity contribution in [3.63, 3.8) is 0 Å². The second kappa shape index (κ2) is 7.35. The first-order valence-corrected chi connectivity index (χ1v) is 10.1. The Kier molecular flexibility index (Phi) is 5.18. The number of sulfone groups is 1. The molecule has 0 spiro atoms. The Morgan fingerprint density at radius 2 is 1.84 bits per heavy atom. The summed E-state index contributed by atoms with van der Waals surface area (Å²) in [5.74, 6) is -0.260. The van der Waals surface area contributed by atoms with Crippen LogP contribution in [0.4, 0.5) is 0 Å². The van der Waals surface area contributed by atoms with Gasteiger partial charge in [-0.1, -0.05) is 17.7 Å². The van der Waals surface area contributed by atoms with E-state index in [2.05, 4.69) is 4.98 Å². The van der Waals surface area contributed by atoms with Gasteiger partial charge in [-0.15, -0.1) is 0 Å². The molecule has 1 amide bonds. The second-order valence-corrected chi connectivity index (χ2v) is 8.52. The molecule has 0 aliphatic carbocycles. The predicted octanol–water partition coefficient (Wildman–Crippen LogP) is 2.92. The zero-order chi connectivity index (χ0) is 17.9. The number of benzene rings is 1. The molecule has 25 heavy (non-hydrogen) atoms. The third kappa shape index (κ3) is 4.07. The van der Waals surface area contributed by atoms with E-state index in [4.69, 9.17) is 0 Å². The molecule has 5 nitrogen and oxygen atoms in total. The Morgan fingerprint density at radius 1 is 1.16 bits per heavy atom. The molecule has 1 atom stereocenters. The fourth-order valence-corrected chi connectivity index (χ4v) is 4.46. The standard InChI is InChI=1S/C19H22N2O3S/c1-15-4-6-17(7-5-15)25(23,24)14-10-19(22)21-13-2-3-18(21)16-8-11-20-12-9-16/h4-9,11-12,18H,2-3,10,13-14H2,1H3/t18-/m0/s1. The lowest BCUT2D eigenvalue weighted by Crippen LogP contribution is -2.31. The van der Waals surface area contributed by atoms with E-state index in [-0.39, 0.29) is 29.0 Å². The van der Waals surface area contributed by atoms with Crippen molar-refractivity contribution >= 4 is 15.7 Å². The smallest absolute Gasteiger partial charge is 0.224 e. The summed E-state index contributed by atoms with van der Waals surface area (Å²) in [6, 6.07) is 10.6. The van der Waals surface area contributed by atoms with Crippen molar-refractivity contribution in [1.82, 2.24) is 9.88 Å². The van der Waals surface area contributed by atoms with Gasteiger partial charge in [-0.2, -0.15) is 0 Å². The molecule has 132 valence electrons. The van der Waals surface area contributed by atoms with Crippen LogP contribution in [0, 0.1) is 6.92 Å². The molecular formula is C19H22N2O3S. The zero-order valence-electron chi connectivity index (χ0n) is 14.3. The number of carbonyl (C=O) groups excluding carboxylic acids is 1. The summed E-state index contributed by atoms with van der Waals surface area (Å²) in [5.41, 5.74) is 2.06. The Bertz CT molecular complexity index is 833. The molecule has 0 saturated carbocycles. The van der Waals surface area contributed by atoms with E-state index in [1.54, 1.807) is 41.6 Å². The Morgan fingerprint density at radius 3 is 2.52 bits per heavy atom. The highest BCUT2D eigenvalue weighted by atomic mass is 32.2. The maximum atomic E-state index is 12.6. The molecule has 2 heterocycles. The highest BCUT2D eigenvalue weighted by Crippen LogP contribution is 2.32. The summed E-state index contributed by atoms with van der Waals surface area (Å²) >= 11 is 0. The molecule has 1 aromatic heterocycles. The molecule has 1 aliphatic rings. The van der Waals surface area contributed by atoms with Crippen molar-refractivity contribution in [2.24, 2.45) is 0 Å². The number of aromatic nitrogens is 1. The van der Waals surface area contributed by atoms with E-state index < -0.39 is 9.84 Å². The fourth-order valence-electron chi connectivity index (χ4n) is 3.23. The van der Waals surface area contributed by atoms with Crippen LogP contribution in [0.25, 0.3) is 0 Å². The summed E-state index contributed by atoms with van der Waals surface area (Å²) in [6.45, 7) is 2.59. The van der Waals surface area contributed by atoms with Crippen LogP contribution < -0.4 is 0 Å². The van der Waals surface area contributed by atoms with Gasteiger partial charge in [0, 0.05) is 25.4 Å². The summed E-state index contributed by atoms with van der Waals surface area (Å²) in [5, 5.41) is 0. The second-order valence-electron chi connectivity index (χ2n) is 6.41. The normalized spacial score (nSPS) is 17.6. The lowest BCUT2D eigenvalue weighted by molar-refractivity contribution is -0.131. The minimum atomic E-state index is -3.44. The molecule has 1 saturated heterocycles. The summed E-state index contributed by atoms with van der Waals surface area (Å²) < 4.78 is 24.9. The number of hydrogen-bond acceptors (Lipinski definition) is 4. The topological polar surface area (TPSA) is 67.3 Å². The number of carbonyl (C=O) groups is 1. The molecule has 3 rings (SSSR count). The summed E-state index contributed by atoms with van der Waals surface area (Å²) in [4.78, 5) is 18.7. The maximum absolute atomic E-state index is 12.6. The molecule has 1 aliphatic heterocycles. The SMILES string of the molecule is Cc1ccc(S(=O)(=O)CCC(=O)N2CCC[C@H]2c2ccncc2)cc1. The van der Waals surface area contributed by atoms with Crippen LogP contribution in [0.2, 0.25) is 0 Å². The quantitative estimate of drug-likeness (QED) is 0.824. The Labute approximate surface area is 148 Å². The molecule has 0 N–H and O–H groups in total. The Balaban J connectivity index is 1.66. The van der Waals surface area contributed by atoms with Gasteiger partial charge in [-0.3, -0.25) is 9.78 Å². The molecule has 0 bridgehead atoms. The molecular weight excluding hydrogens is 336 g/mol. The van der Waals surface area contributed by atoms with E-state index in [0.717, 1.165) is 24.0 Å². The lowest BCUT2D eigenvalue weighted by Gasteiger charge is -2.25. The third-order valence-electron chi connectivity index (χ3n) is 4.63. The van der Waals surface area contributed by atoms with Crippen LogP contribution in [0.15, 0.2) is 53.7 Å². The number of likely N-dealkylation sites (tertiary alicyclic amines) is 1. The lowest BCUT2D eigenvalue weighted by atomic mass is 10.1. The summed E-state index contributed by atoms with van der Waals surface area (Å²) in [7, 11) is -3.44. The number of pyridine rings is 1. The van der Waals surface area contributed by atoms with Crippen LogP contribution >= 0.6 is 0 Å². The molecule has 6 heteroatoms. The minimum Gasteiger partial charge on any atom is -0.336 e. The van der Waals surface area contributed by atoms with Crippen LogP contribution in [0.1, 0.15) is 36.4 Å². The van der Waals surface area contributed by atoms with Gasteiger partial charge < -0.3 is 4.90 Å². The first-order valence-electron chi connectivity index (χ1n) is 8.46. The van der Waals surface area contributed by atoms with Crippen molar-refractivity contribution in [1.29, 1.82) is 0 Å². The van der Waals surface area contributed by atoms with Crippen LogP contribution in [0.3, 0.4) is 0 Å². The number of hydrogen-bond donors (Lipinski definition) is 0. The van der Waals surface area contributed by atoms with Crippen molar-refractivity contribution < 1.29 is 13.2 Å². The zero-order valence-corrected chi connectivity index (χ0v) is 15.1. The van der Waals surface area contributed by atoms with Gasteiger partial charge in [0.1, 0.15) is 0 Å². The molecule has 2 aromatic rings. The van der Waals surface area contributed by atoms with E-state index in [1.807, 2.05) is 19.1 Å². The number of nitrogens with zero attached hydrogens (tertiary/aromatic N) is 2. The van der Waals surface area contributed by atoms with Crippen LogP contribution in [-0.2, 0) is 14.6 Å². The average Bonchev–Trinajstić information content (AvgIpc) is 3.11. The Hall–Kier alpha value is -2.21. The van der Waals surface area contributed by atoms with Gasteiger partial charge in [0.05, 0.1) is 16.7 Å². The number of rotatable bonds is 5.